The van der Waals surface area contributed by atoms with E-state index in [1.807, 2.05) is 67.7 Å². The SMILES string of the molecule is CCCCn1c(SCC(=O)Nc2cccc(C)c2)nc2c(-c3ccccc3)c[nH]c2c1=O. The number of anilines is 1. The predicted molar refractivity (Wildman–Crippen MR) is 131 cm³/mol. The number of carbonyl (C=O) groups excluding carboxylic acids is 1. The van der Waals surface area contributed by atoms with Gasteiger partial charge in [0, 0.05) is 24.0 Å². The van der Waals surface area contributed by atoms with Crippen molar-refractivity contribution >= 4 is 34.4 Å². The van der Waals surface area contributed by atoms with Crippen molar-refractivity contribution in [3.05, 3.63) is 76.7 Å². The van der Waals surface area contributed by atoms with Gasteiger partial charge in [-0.1, -0.05) is 67.6 Å². The molecule has 2 aromatic heterocycles. The molecule has 0 saturated heterocycles. The second-order valence-electron chi connectivity index (χ2n) is 7.70. The minimum Gasteiger partial charge on any atom is -0.355 e. The fourth-order valence-corrected chi connectivity index (χ4v) is 4.40. The number of nitrogens with zero attached hydrogens (tertiary/aromatic N) is 2. The normalized spacial score (nSPS) is 11.1. The third-order valence-corrected chi connectivity index (χ3v) is 6.18. The molecular weight excluding hydrogens is 420 g/mol. The van der Waals surface area contributed by atoms with Crippen LogP contribution in [0.15, 0.2) is 70.7 Å². The number of fused-ring (bicyclic) bond motifs is 1. The van der Waals surface area contributed by atoms with Gasteiger partial charge in [0.15, 0.2) is 5.16 Å². The summed E-state index contributed by atoms with van der Waals surface area (Å²) in [6.07, 6.45) is 3.66. The quantitative estimate of drug-likeness (QED) is 0.287. The van der Waals surface area contributed by atoms with Crippen LogP contribution in [0.3, 0.4) is 0 Å². The molecule has 0 bridgehead atoms. The van der Waals surface area contributed by atoms with E-state index in [-0.39, 0.29) is 17.2 Å². The van der Waals surface area contributed by atoms with Crippen molar-refractivity contribution < 1.29 is 4.79 Å². The summed E-state index contributed by atoms with van der Waals surface area (Å²) in [5.74, 6) is 0.0395. The third-order valence-electron chi connectivity index (χ3n) is 5.20. The fourth-order valence-electron chi connectivity index (χ4n) is 3.58. The number of thioether (sulfide) groups is 1. The van der Waals surface area contributed by atoms with Gasteiger partial charge in [-0.15, -0.1) is 0 Å². The van der Waals surface area contributed by atoms with Gasteiger partial charge in [0.2, 0.25) is 5.91 Å². The standard InChI is InChI=1S/C25H26N4O2S/c1-3-4-13-29-24(31)23-22(20(15-26-23)18-10-6-5-7-11-18)28-25(29)32-16-21(30)27-19-12-8-9-17(2)14-19/h5-12,14-15,26H,3-4,13,16H2,1-2H3,(H,27,30). The summed E-state index contributed by atoms with van der Waals surface area (Å²) < 4.78 is 1.68. The Balaban J connectivity index is 1.65. The number of aryl methyl sites for hydroxylation is 1. The van der Waals surface area contributed by atoms with Gasteiger partial charge in [0.1, 0.15) is 11.0 Å². The van der Waals surface area contributed by atoms with Crippen LogP contribution in [0.25, 0.3) is 22.2 Å². The summed E-state index contributed by atoms with van der Waals surface area (Å²) in [6.45, 7) is 4.64. The van der Waals surface area contributed by atoms with E-state index in [0.717, 1.165) is 35.2 Å². The molecule has 4 rings (SSSR count). The molecule has 2 aromatic carbocycles. The molecule has 0 aliphatic rings. The van der Waals surface area contributed by atoms with Crippen LogP contribution in [0.1, 0.15) is 25.3 Å². The average Bonchev–Trinajstić information content (AvgIpc) is 3.22. The first-order valence-electron chi connectivity index (χ1n) is 10.7. The maximum atomic E-state index is 13.3. The molecule has 0 aliphatic carbocycles. The first-order valence-corrected chi connectivity index (χ1v) is 11.7. The third kappa shape index (κ3) is 4.78. The number of hydrogen-bond acceptors (Lipinski definition) is 4. The highest BCUT2D eigenvalue weighted by molar-refractivity contribution is 7.99. The second-order valence-corrected chi connectivity index (χ2v) is 8.65. The van der Waals surface area contributed by atoms with E-state index in [2.05, 4.69) is 17.2 Å². The molecular formula is C25H26N4O2S. The number of hydrogen-bond donors (Lipinski definition) is 2. The number of aromatic amines is 1. The van der Waals surface area contributed by atoms with Crippen molar-refractivity contribution in [3.8, 4) is 11.1 Å². The number of amides is 1. The highest BCUT2D eigenvalue weighted by atomic mass is 32.2. The number of rotatable bonds is 8. The lowest BCUT2D eigenvalue weighted by molar-refractivity contribution is -0.113. The van der Waals surface area contributed by atoms with Gasteiger partial charge in [-0.3, -0.25) is 14.2 Å². The lowest BCUT2D eigenvalue weighted by Crippen LogP contribution is -2.24. The zero-order valence-corrected chi connectivity index (χ0v) is 19.0. The number of nitrogens with one attached hydrogen (secondary N) is 2. The van der Waals surface area contributed by atoms with Crippen LogP contribution in [0.4, 0.5) is 5.69 Å². The molecule has 6 nitrogen and oxygen atoms in total. The molecule has 0 unspecified atom stereocenters. The van der Waals surface area contributed by atoms with Crippen molar-refractivity contribution in [3.63, 3.8) is 0 Å². The molecule has 0 aliphatic heterocycles. The van der Waals surface area contributed by atoms with Crippen LogP contribution < -0.4 is 10.9 Å². The second kappa shape index (κ2) is 9.87. The molecule has 2 N–H and O–H groups in total. The van der Waals surface area contributed by atoms with Crippen LogP contribution in [0.2, 0.25) is 0 Å². The van der Waals surface area contributed by atoms with Crippen molar-refractivity contribution in [2.24, 2.45) is 0 Å². The smallest absolute Gasteiger partial charge is 0.278 e. The molecule has 32 heavy (non-hydrogen) atoms. The summed E-state index contributed by atoms with van der Waals surface area (Å²) in [7, 11) is 0. The van der Waals surface area contributed by atoms with E-state index < -0.39 is 0 Å². The van der Waals surface area contributed by atoms with Gasteiger partial charge in [-0.25, -0.2) is 4.98 Å². The van der Waals surface area contributed by atoms with E-state index in [1.165, 1.54) is 11.8 Å². The highest BCUT2D eigenvalue weighted by Crippen LogP contribution is 2.28. The monoisotopic (exact) mass is 446 g/mol. The van der Waals surface area contributed by atoms with Crippen LogP contribution in [0.5, 0.6) is 0 Å². The van der Waals surface area contributed by atoms with Gasteiger partial charge in [0.25, 0.3) is 5.56 Å². The lowest BCUT2D eigenvalue weighted by Gasteiger charge is -2.12. The molecule has 1 amide bonds. The molecule has 0 saturated carbocycles. The molecule has 0 atom stereocenters. The first kappa shape index (κ1) is 21.9. The van der Waals surface area contributed by atoms with Gasteiger partial charge >= 0.3 is 0 Å². The van der Waals surface area contributed by atoms with Crippen molar-refractivity contribution in [1.82, 2.24) is 14.5 Å². The summed E-state index contributed by atoms with van der Waals surface area (Å²) in [5, 5.41) is 3.48. The fraction of sp³-hybridized carbons (Fsp3) is 0.240. The Morgan fingerprint density at radius 3 is 2.72 bits per heavy atom. The van der Waals surface area contributed by atoms with Crippen molar-refractivity contribution in [1.29, 1.82) is 0 Å². The summed E-state index contributed by atoms with van der Waals surface area (Å²) in [4.78, 5) is 33.8. The van der Waals surface area contributed by atoms with Gasteiger partial charge < -0.3 is 10.3 Å². The lowest BCUT2D eigenvalue weighted by atomic mass is 10.1. The minimum atomic E-state index is -0.130. The Morgan fingerprint density at radius 2 is 1.97 bits per heavy atom. The summed E-state index contributed by atoms with van der Waals surface area (Å²) >= 11 is 1.29. The number of benzene rings is 2. The van der Waals surface area contributed by atoms with E-state index in [0.29, 0.717) is 22.7 Å². The zero-order chi connectivity index (χ0) is 22.5. The molecule has 7 heteroatoms. The number of unbranched alkanes of at least 4 members (excludes halogenated alkanes) is 1. The van der Waals surface area contributed by atoms with Gasteiger partial charge in [-0.05, 0) is 36.6 Å². The summed E-state index contributed by atoms with van der Waals surface area (Å²) in [5.41, 5.74) is 4.74. The highest BCUT2D eigenvalue weighted by Gasteiger charge is 2.17. The minimum absolute atomic E-state index is 0.104. The van der Waals surface area contributed by atoms with E-state index in [1.54, 1.807) is 4.57 Å². The number of carbonyl (C=O) groups is 1. The zero-order valence-electron chi connectivity index (χ0n) is 18.2. The first-order chi connectivity index (χ1) is 15.6. The van der Waals surface area contributed by atoms with Gasteiger partial charge in [-0.2, -0.15) is 0 Å². The van der Waals surface area contributed by atoms with E-state index in [9.17, 15) is 9.59 Å². The van der Waals surface area contributed by atoms with Crippen LogP contribution in [-0.2, 0) is 11.3 Å². The van der Waals surface area contributed by atoms with E-state index >= 15 is 0 Å². The Kier molecular flexibility index (Phi) is 6.75. The Bertz CT molecular complexity index is 1290. The molecule has 0 radical (unpaired) electrons. The van der Waals surface area contributed by atoms with Crippen LogP contribution in [0, 0.1) is 6.92 Å². The average molecular weight is 447 g/mol. The molecule has 0 fully saturated rings. The van der Waals surface area contributed by atoms with Gasteiger partial charge in [0.05, 0.1) is 5.75 Å². The maximum absolute atomic E-state index is 13.3. The number of aromatic nitrogens is 3. The topological polar surface area (TPSA) is 79.8 Å². The van der Waals surface area contributed by atoms with Crippen molar-refractivity contribution in [2.45, 2.75) is 38.4 Å². The molecule has 164 valence electrons. The molecule has 4 aromatic rings. The van der Waals surface area contributed by atoms with Crippen LogP contribution >= 0.6 is 11.8 Å². The Labute approximate surface area is 191 Å². The molecule has 0 spiro atoms. The van der Waals surface area contributed by atoms with Crippen LogP contribution in [-0.4, -0.2) is 26.2 Å². The summed E-state index contributed by atoms with van der Waals surface area (Å²) in [6, 6.07) is 17.6. The molecule has 2 heterocycles. The maximum Gasteiger partial charge on any atom is 0.278 e. The van der Waals surface area contributed by atoms with E-state index in [4.69, 9.17) is 4.98 Å². The Hall–Kier alpha value is -3.32. The van der Waals surface area contributed by atoms with Crippen molar-refractivity contribution in [2.75, 3.05) is 11.1 Å². The number of H-pyrrole nitrogens is 1. The Morgan fingerprint density at radius 1 is 1.16 bits per heavy atom. The largest absolute Gasteiger partial charge is 0.355 e. The predicted octanol–water partition coefficient (Wildman–Crippen LogP) is 5.23.